The third kappa shape index (κ3) is 4.14. The second-order valence-corrected chi connectivity index (χ2v) is 6.73. The first-order valence-electron chi connectivity index (χ1n) is 9.42. The number of aromatic amines is 1. The van der Waals surface area contributed by atoms with Crippen molar-refractivity contribution in [1.29, 1.82) is 0 Å². The van der Waals surface area contributed by atoms with Crippen LogP contribution < -0.4 is 14.8 Å². The zero-order chi connectivity index (χ0) is 18.5. The number of likely N-dealkylation sites (tertiary alicyclic amines) is 1. The molecule has 27 heavy (non-hydrogen) atoms. The molecule has 142 valence electrons. The molecular formula is C20H25N5O2. The van der Waals surface area contributed by atoms with Gasteiger partial charge < -0.3 is 19.7 Å². The van der Waals surface area contributed by atoms with Gasteiger partial charge in [-0.05, 0) is 50.6 Å². The minimum Gasteiger partial charge on any atom is -0.493 e. The van der Waals surface area contributed by atoms with Crippen LogP contribution in [-0.4, -0.2) is 53.4 Å². The molecule has 1 fully saturated rings. The topological polar surface area (TPSA) is 75.3 Å². The molecule has 0 atom stereocenters. The van der Waals surface area contributed by atoms with E-state index in [0.717, 1.165) is 46.9 Å². The summed E-state index contributed by atoms with van der Waals surface area (Å²) in [6.45, 7) is 4.21. The maximum absolute atomic E-state index is 6.02. The van der Waals surface area contributed by atoms with E-state index in [0.29, 0.717) is 6.61 Å². The number of benzene rings is 1. The summed E-state index contributed by atoms with van der Waals surface area (Å²) in [5, 5.41) is 11.3. The van der Waals surface area contributed by atoms with E-state index < -0.39 is 0 Å². The molecule has 0 radical (unpaired) electrons. The van der Waals surface area contributed by atoms with E-state index >= 15 is 0 Å². The van der Waals surface area contributed by atoms with E-state index in [4.69, 9.17) is 9.47 Å². The van der Waals surface area contributed by atoms with Crippen LogP contribution in [0.5, 0.6) is 11.5 Å². The summed E-state index contributed by atoms with van der Waals surface area (Å²) in [6.07, 6.45) is 7.18. The quantitative estimate of drug-likeness (QED) is 0.593. The van der Waals surface area contributed by atoms with Crippen LogP contribution >= 0.6 is 0 Å². The molecule has 0 unspecified atom stereocenters. The monoisotopic (exact) mass is 367 g/mol. The number of pyridine rings is 1. The summed E-state index contributed by atoms with van der Waals surface area (Å²) in [5.74, 6) is 1.49. The van der Waals surface area contributed by atoms with Gasteiger partial charge in [0, 0.05) is 24.5 Å². The Labute approximate surface area is 158 Å². The van der Waals surface area contributed by atoms with Crippen molar-refractivity contribution >= 4 is 22.4 Å². The van der Waals surface area contributed by atoms with Gasteiger partial charge in [-0.3, -0.25) is 5.10 Å². The Morgan fingerprint density at radius 3 is 2.93 bits per heavy atom. The van der Waals surface area contributed by atoms with Crippen LogP contribution in [0.3, 0.4) is 0 Å². The van der Waals surface area contributed by atoms with Gasteiger partial charge in [0.1, 0.15) is 0 Å². The average molecular weight is 367 g/mol. The van der Waals surface area contributed by atoms with Gasteiger partial charge in [0.25, 0.3) is 0 Å². The zero-order valence-corrected chi connectivity index (χ0v) is 15.6. The summed E-state index contributed by atoms with van der Waals surface area (Å²) in [7, 11) is 1.66. The Kier molecular flexibility index (Phi) is 5.39. The van der Waals surface area contributed by atoms with E-state index in [9.17, 15) is 0 Å². The molecule has 1 aliphatic heterocycles. The molecule has 3 heterocycles. The smallest absolute Gasteiger partial charge is 0.163 e. The molecule has 0 saturated carbocycles. The van der Waals surface area contributed by atoms with E-state index in [1.54, 1.807) is 19.5 Å². The first kappa shape index (κ1) is 17.6. The van der Waals surface area contributed by atoms with Crippen molar-refractivity contribution in [3.63, 3.8) is 0 Å². The maximum atomic E-state index is 6.02. The molecule has 0 bridgehead atoms. The van der Waals surface area contributed by atoms with E-state index in [-0.39, 0.29) is 0 Å². The van der Waals surface area contributed by atoms with Crippen molar-refractivity contribution in [1.82, 2.24) is 20.1 Å². The van der Waals surface area contributed by atoms with Crippen molar-refractivity contribution < 1.29 is 9.47 Å². The highest BCUT2D eigenvalue weighted by Gasteiger charge is 2.12. The molecule has 2 aromatic heterocycles. The van der Waals surface area contributed by atoms with Gasteiger partial charge in [-0.15, -0.1) is 0 Å². The maximum Gasteiger partial charge on any atom is 0.163 e. The summed E-state index contributed by atoms with van der Waals surface area (Å²) >= 11 is 0. The first-order chi connectivity index (χ1) is 13.3. The molecule has 0 spiro atoms. The Balaban J connectivity index is 1.43. The second-order valence-electron chi connectivity index (χ2n) is 6.73. The highest BCUT2D eigenvalue weighted by atomic mass is 16.5. The van der Waals surface area contributed by atoms with Crippen LogP contribution in [-0.2, 0) is 0 Å². The SMILES string of the molecule is COc1ccc(Nc2ccnc3[nH]ncc23)cc1OCCCN1CCCC1. The fraction of sp³-hybridized carbons (Fsp3) is 0.400. The number of aromatic nitrogens is 3. The predicted molar refractivity (Wildman–Crippen MR) is 106 cm³/mol. The Bertz CT molecular complexity index is 889. The molecule has 7 heteroatoms. The zero-order valence-electron chi connectivity index (χ0n) is 15.6. The third-order valence-electron chi connectivity index (χ3n) is 4.87. The van der Waals surface area contributed by atoms with E-state index in [2.05, 4.69) is 25.4 Å². The minimum absolute atomic E-state index is 0.678. The number of hydrogen-bond donors (Lipinski definition) is 2. The normalized spacial score (nSPS) is 14.6. The lowest BCUT2D eigenvalue weighted by Crippen LogP contribution is -2.21. The number of nitrogens with one attached hydrogen (secondary N) is 2. The molecule has 4 rings (SSSR count). The van der Waals surface area contributed by atoms with Crippen LogP contribution in [0.2, 0.25) is 0 Å². The number of fused-ring (bicyclic) bond motifs is 1. The molecular weight excluding hydrogens is 342 g/mol. The Hall–Kier alpha value is -2.80. The van der Waals surface area contributed by atoms with Gasteiger partial charge in [0.2, 0.25) is 0 Å². The average Bonchev–Trinajstić information content (AvgIpc) is 3.37. The third-order valence-corrected chi connectivity index (χ3v) is 4.87. The molecule has 3 aromatic rings. The molecule has 2 N–H and O–H groups in total. The number of hydrogen-bond acceptors (Lipinski definition) is 6. The van der Waals surface area contributed by atoms with Crippen molar-refractivity contribution in [2.24, 2.45) is 0 Å². The number of anilines is 2. The Morgan fingerprint density at radius 2 is 2.07 bits per heavy atom. The van der Waals surface area contributed by atoms with Crippen LogP contribution in [0.1, 0.15) is 19.3 Å². The highest BCUT2D eigenvalue weighted by Crippen LogP contribution is 2.32. The van der Waals surface area contributed by atoms with Crippen LogP contribution in [0, 0.1) is 0 Å². The molecule has 1 saturated heterocycles. The standard InChI is InChI=1S/C20H25N5O2/c1-26-18-6-5-15(23-17-7-8-21-20-16(17)14-22-24-20)13-19(18)27-12-4-11-25-9-2-3-10-25/h5-8,13-14H,2-4,9-12H2,1H3,(H2,21,22,23,24). The summed E-state index contributed by atoms with van der Waals surface area (Å²) < 4.78 is 11.5. The fourth-order valence-corrected chi connectivity index (χ4v) is 3.46. The van der Waals surface area contributed by atoms with Crippen molar-refractivity contribution in [3.05, 3.63) is 36.7 Å². The van der Waals surface area contributed by atoms with Crippen LogP contribution in [0.25, 0.3) is 11.0 Å². The lowest BCUT2D eigenvalue weighted by Gasteiger charge is -2.16. The van der Waals surface area contributed by atoms with Crippen LogP contribution in [0.15, 0.2) is 36.7 Å². The second kappa shape index (κ2) is 8.26. The van der Waals surface area contributed by atoms with E-state index in [1.165, 1.54) is 25.9 Å². The fourth-order valence-electron chi connectivity index (χ4n) is 3.46. The number of H-pyrrole nitrogens is 1. The molecule has 0 amide bonds. The largest absolute Gasteiger partial charge is 0.493 e. The van der Waals surface area contributed by atoms with E-state index in [1.807, 2.05) is 24.3 Å². The highest BCUT2D eigenvalue weighted by molar-refractivity contribution is 5.90. The number of nitrogens with zero attached hydrogens (tertiary/aromatic N) is 3. The van der Waals surface area contributed by atoms with Gasteiger partial charge in [0.05, 0.1) is 31.0 Å². The lowest BCUT2D eigenvalue weighted by molar-refractivity contribution is 0.254. The molecule has 7 nitrogen and oxygen atoms in total. The van der Waals surface area contributed by atoms with Gasteiger partial charge in [-0.1, -0.05) is 0 Å². The summed E-state index contributed by atoms with van der Waals surface area (Å²) in [6, 6.07) is 7.80. The van der Waals surface area contributed by atoms with Crippen molar-refractivity contribution in [2.45, 2.75) is 19.3 Å². The number of rotatable bonds is 8. The van der Waals surface area contributed by atoms with Crippen molar-refractivity contribution in [2.75, 3.05) is 38.7 Å². The lowest BCUT2D eigenvalue weighted by atomic mass is 10.2. The predicted octanol–water partition coefficient (Wildman–Crippen LogP) is 3.57. The van der Waals surface area contributed by atoms with Gasteiger partial charge in [-0.25, -0.2) is 4.98 Å². The molecule has 0 aliphatic carbocycles. The molecule has 1 aliphatic rings. The van der Waals surface area contributed by atoms with Gasteiger partial charge in [0.15, 0.2) is 17.1 Å². The Morgan fingerprint density at radius 1 is 1.19 bits per heavy atom. The summed E-state index contributed by atoms with van der Waals surface area (Å²) in [4.78, 5) is 6.76. The number of ether oxygens (including phenoxy) is 2. The summed E-state index contributed by atoms with van der Waals surface area (Å²) in [5.41, 5.74) is 2.63. The van der Waals surface area contributed by atoms with Crippen LogP contribution in [0.4, 0.5) is 11.4 Å². The molecule has 1 aromatic carbocycles. The van der Waals surface area contributed by atoms with Crippen molar-refractivity contribution in [3.8, 4) is 11.5 Å². The first-order valence-corrected chi connectivity index (χ1v) is 9.42. The number of methoxy groups -OCH3 is 1. The minimum atomic E-state index is 0.678. The van der Waals surface area contributed by atoms with Gasteiger partial charge in [-0.2, -0.15) is 5.10 Å². The van der Waals surface area contributed by atoms with Gasteiger partial charge >= 0.3 is 0 Å².